The average Bonchev–Trinajstić information content (AvgIpc) is 2.74. The molecule has 0 radical (unpaired) electrons. The number of nitrogens with zero attached hydrogens (tertiary/aromatic N) is 2. The first-order chi connectivity index (χ1) is 9.04. The smallest absolute Gasteiger partial charge is 0.354 e. The van der Waals surface area contributed by atoms with Gasteiger partial charge in [-0.05, 0) is 46.7 Å². The van der Waals surface area contributed by atoms with Gasteiger partial charge in [0.25, 0.3) is 0 Å². The highest BCUT2D eigenvalue weighted by atomic mass is 79.9. The lowest BCUT2D eigenvalue weighted by Crippen LogP contribution is -2.17. The highest BCUT2D eigenvalue weighted by molar-refractivity contribution is 9.10. The van der Waals surface area contributed by atoms with Crippen LogP contribution in [0.5, 0.6) is 0 Å². The summed E-state index contributed by atoms with van der Waals surface area (Å²) in [5, 5.41) is 11.0. The van der Waals surface area contributed by atoms with Crippen molar-refractivity contribution in [3.05, 3.63) is 50.4 Å². The van der Waals surface area contributed by atoms with Gasteiger partial charge in [-0.1, -0.05) is 0 Å². The quantitative estimate of drug-likeness (QED) is 0.907. The van der Waals surface area contributed by atoms with Crippen molar-refractivity contribution in [2.45, 2.75) is 13.1 Å². The molecule has 0 amide bonds. The Hall–Kier alpha value is -1.24. The van der Waals surface area contributed by atoms with E-state index in [-0.39, 0.29) is 5.69 Å². The molecular formula is C13H13BrN2O2S. The van der Waals surface area contributed by atoms with Crippen LogP contribution < -0.4 is 0 Å². The molecule has 0 atom stereocenters. The lowest BCUT2D eigenvalue weighted by molar-refractivity contribution is 0.0690. The first-order valence-electron chi connectivity index (χ1n) is 5.64. The van der Waals surface area contributed by atoms with Crippen LogP contribution in [0.3, 0.4) is 0 Å². The van der Waals surface area contributed by atoms with E-state index in [0.717, 1.165) is 16.6 Å². The van der Waals surface area contributed by atoms with E-state index in [2.05, 4.69) is 37.3 Å². The molecule has 0 aliphatic heterocycles. The molecule has 2 aromatic heterocycles. The number of carboxylic acids is 1. The zero-order valence-corrected chi connectivity index (χ0v) is 12.7. The monoisotopic (exact) mass is 340 g/mol. The maximum absolute atomic E-state index is 10.9. The molecule has 4 nitrogen and oxygen atoms in total. The van der Waals surface area contributed by atoms with Crippen molar-refractivity contribution in [1.29, 1.82) is 0 Å². The molecule has 2 rings (SSSR count). The SMILES string of the molecule is CN(Cc1ccnc(C(=O)O)c1)Cc1cc(Br)cs1. The van der Waals surface area contributed by atoms with Crippen LogP contribution in [0.4, 0.5) is 0 Å². The second-order valence-corrected chi connectivity index (χ2v) is 6.17. The summed E-state index contributed by atoms with van der Waals surface area (Å²) in [5.41, 5.74) is 1.04. The maximum Gasteiger partial charge on any atom is 0.354 e. The van der Waals surface area contributed by atoms with Crippen LogP contribution in [0.1, 0.15) is 20.9 Å². The molecule has 0 unspecified atom stereocenters. The zero-order chi connectivity index (χ0) is 13.8. The number of pyridine rings is 1. The van der Waals surface area contributed by atoms with Crippen molar-refractivity contribution in [3.8, 4) is 0 Å². The molecule has 0 aliphatic rings. The van der Waals surface area contributed by atoms with Gasteiger partial charge in [-0.15, -0.1) is 11.3 Å². The van der Waals surface area contributed by atoms with E-state index >= 15 is 0 Å². The molecule has 0 bridgehead atoms. The average molecular weight is 341 g/mol. The Kier molecular flexibility index (Phi) is 4.68. The lowest BCUT2D eigenvalue weighted by atomic mass is 10.2. The normalized spacial score (nSPS) is 10.9. The summed E-state index contributed by atoms with van der Waals surface area (Å²) in [6.07, 6.45) is 1.54. The van der Waals surface area contributed by atoms with Crippen LogP contribution in [0.2, 0.25) is 0 Å². The van der Waals surface area contributed by atoms with Gasteiger partial charge in [0.2, 0.25) is 0 Å². The Morgan fingerprint density at radius 1 is 1.47 bits per heavy atom. The topological polar surface area (TPSA) is 53.4 Å². The van der Waals surface area contributed by atoms with Crippen LogP contribution >= 0.6 is 27.3 Å². The van der Waals surface area contributed by atoms with E-state index in [1.165, 1.54) is 11.1 Å². The molecule has 1 N–H and O–H groups in total. The van der Waals surface area contributed by atoms with Crippen LogP contribution in [-0.4, -0.2) is 28.0 Å². The fourth-order valence-corrected chi connectivity index (χ4v) is 3.29. The van der Waals surface area contributed by atoms with Crippen molar-refractivity contribution in [2.24, 2.45) is 0 Å². The number of rotatable bonds is 5. The summed E-state index contributed by atoms with van der Waals surface area (Å²) >= 11 is 5.13. The number of hydrogen-bond donors (Lipinski definition) is 1. The second-order valence-electron chi connectivity index (χ2n) is 4.26. The van der Waals surface area contributed by atoms with Gasteiger partial charge < -0.3 is 5.11 Å². The molecule has 0 aliphatic carbocycles. The van der Waals surface area contributed by atoms with E-state index < -0.39 is 5.97 Å². The number of carboxylic acid groups (broad SMARTS) is 1. The van der Waals surface area contributed by atoms with E-state index in [4.69, 9.17) is 5.11 Å². The zero-order valence-electron chi connectivity index (χ0n) is 10.3. The van der Waals surface area contributed by atoms with Crippen molar-refractivity contribution in [3.63, 3.8) is 0 Å². The minimum Gasteiger partial charge on any atom is -0.477 e. The van der Waals surface area contributed by atoms with Gasteiger partial charge in [-0.3, -0.25) is 4.90 Å². The number of hydrogen-bond acceptors (Lipinski definition) is 4. The van der Waals surface area contributed by atoms with Gasteiger partial charge in [0.15, 0.2) is 0 Å². The molecule has 0 spiro atoms. The largest absolute Gasteiger partial charge is 0.477 e. The molecule has 0 aromatic carbocycles. The number of thiophene rings is 1. The Balaban J connectivity index is 2.00. The minimum atomic E-state index is -0.994. The molecule has 2 aromatic rings. The van der Waals surface area contributed by atoms with Gasteiger partial charge in [0, 0.05) is 34.0 Å². The molecule has 0 saturated heterocycles. The molecular weight excluding hydrogens is 328 g/mol. The van der Waals surface area contributed by atoms with Gasteiger partial charge in [-0.25, -0.2) is 9.78 Å². The van der Waals surface area contributed by atoms with Crippen molar-refractivity contribution >= 4 is 33.2 Å². The van der Waals surface area contributed by atoms with Gasteiger partial charge >= 0.3 is 5.97 Å². The first-order valence-corrected chi connectivity index (χ1v) is 7.31. The van der Waals surface area contributed by atoms with E-state index in [9.17, 15) is 4.79 Å². The summed E-state index contributed by atoms with van der Waals surface area (Å²) in [5.74, 6) is -0.994. The first kappa shape index (κ1) is 14.2. The van der Waals surface area contributed by atoms with E-state index in [1.807, 2.05) is 13.1 Å². The number of aromatic nitrogens is 1. The van der Waals surface area contributed by atoms with E-state index in [0.29, 0.717) is 6.54 Å². The Morgan fingerprint density at radius 3 is 2.89 bits per heavy atom. The van der Waals surface area contributed by atoms with Crippen molar-refractivity contribution < 1.29 is 9.90 Å². The number of aromatic carboxylic acids is 1. The van der Waals surface area contributed by atoms with Crippen LogP contribution in [-0.2, 0) is 13.1 Å². The minimum absolute atomic E-state index is 0.0877. The summed E-state index contributed by atoms with van der Waals surface area (Å²) in [6.45, 7) is 1.53. The fraction of sp³-hybridized carbons (Fsp3) is 0.231. The Labute approximate surface area is 123 Å². The third-order valence-corrected chi connectivity index (χ3v) is 4.23. The number of carbonyl (C=O) groups is 1. The summed E-state index contributed by atoms with van der Waals surface area (Å²) in [6, 6.07) is 5.55. The second kappa shape index (κ2) is 6.27. The number of halogens is 1. The molecule has 100 valence electrons. The highest BCUT2D eigenvalue weighted by Crippen LogP contribution is 2.21. The standard InChI is InChI=1S/C13H13BrN2O2S/c1-16(7-11-5-10(14)8-19-11)6-9-2-3-15-12(4-9)13(17)18/h2-5,8H,6-7H2,1H3,(H,17,18). The third-order valence-electron chi connectivity index (χ3n) is 2.54. The fourth-order valence-electron chi connectivity index (χ4n) is 1.76. The van der Waals surface area contributed by atoms with Gasteiger partial charge in [0.05, 0.1) is 0 Å². The van der Waals surface area contributed by atoms with Crippen LogP contribution in [0.15, 0.2) is 34.2 Å². The predicted octanol–water partition coefficient (Wildman–Crippen LogP) is 3.24. The van der Waals surface area contributed by atoms with E-state index in [1.54, 1.807) is 17.4 Å². The summed E-state index contributed by atoms with van der Waals surface area (Å²) in [7, 11) is 2.01. The van der Waals surface area contributed by atoms with Gasteiger partial charge in [0.1, 0.15) is 5.69 Å². The lowest BCUT2D eigenvalue weighted by Gasteiger charge is -2.15. The summed E-state index contributed by atoms with van der Waals surface area (Å²) in [4.78, 5) is 18.1. The van der Waals surface area contributed by atoms with Crippen LogP contribution in [0.25, 0.3) is 0 Å². The maximum atomic E-state index is 10.9. The highest BCUT2D eigenvalue weighted by Gasteiger charge is 2.08. The molecule has 0 fully saturated rings. The summed E-state index contributed by atoms with van der Waals surface area (Å²) < 4.78 is 1.10. The third kappa shape index (κ3) is 4.12. The molecule has 19 heavy (non-hydrogen) atoms. The Morgan fingerprint density at radius 2 is 2.26 bits per heavy atom. The van der Waals surface area contributed by atoms with Crippen molar-refractivity contribution in [1.82, 2.24) is 9.88 Å². The molecule has 6 heteroatoms. The molecule has 0 saturated carbocycles. The Bertz CT molecular complexity index is 586. The van der Waals surface area contributed by atoms with Crippen molar-refractivity contribution in [2.75, 3.05) is 7.05 Å². The van der Waals surface area contributed by atoms with Crippen LogP contribution in [0, 0.1) is 0 Å². The predicted molar refractivity (Wildman–Crippen MR) is 78.4 cm³/mol. The molecule has 2 heterocycles. The van der Waals surface area contributed by atoms with Gasteiger partial charge in [-0.2, -0.15) is 0 Å².